The van der Waals surface area contributed by atoms with Crippen LogP contribution in [0.25, 0.3) is 6.08 Å². The first-order chi connectivity index (χ1) is 6.86. The number of nitrogens with zero attached hydrogens (tertiary/aromatic N) is 1. The van der Waals surface area contributed by atoms with Crippen molar-refractivity contribution in [2.45, 2.75) is 26.2 Å². The minimum absolute atomic E-state index is 0.873. The lowest BCUT2D eigenvalue weighted by Gasteiger charge is -1.97. The third-order valence-corrected chi connectivity index (χ3v) is 2.08. The van der Waals surface area contributed by atoms with Crippen molar-refractivity contribution in [3.8, 4) is 6.07 Å². The van der Waals surface area contributed by atoms with Gasteiger partial charge in [0.05, 0.1) is 6.07 Å². The fourth-order valence-electron chi connectivity index (χ4n) is 1.28. The predicted octanol–water partition coefficient (Wildman–Crippen LogP) is 3.78. The molecule has 1 nitrogen and oxygen atoms in total. The van der Waals surface area contributed by atoms with E-state index in [1.54, 1.807) is 0 Å². The van der Waals surface area contributed by atoms with Crippen molar-refractivity contribution in [3.05, 3.63) is 41.5 Å². The minimum Gasteiger partial charge on any atom is -0.193 e. The Morgan fingerprint density at radius 3 is 2.64 bits per heavy atom. The van der Waals surface area contributed by atoms with Crippen molar-refractivity contribution in [2.75, 3.05) is 0 Å². The Hall–Kier alpha value is -1.55. The number of hydrogen-bond donors (Lipinski definition) is 0. The van der Waals surface area contributed by atoms with Gasteiger partial charge in [0.2, 0.25) is 0 Å². The molecular formula is C13H15N. The van der Waals surface area contributed by atoms with Crippen LogP contribution in [0.3, 0.4) is 0 Å². The molecule has 0 amide bonds. The van der Waals surface area contributed by atoms with Crippen molar-refractivity contribution in [1.29, 1.82) is 5.26 Å². The Morgan fingerprint density at radius 1 is 1.36 bits per heavy atom. The summed E-state index contributed by atoms with van der Waals surface area (Å²) in [6, 6.07) is 12.2. The van der Waals surface area contributed by atoms with Gasteiger partial charge >= 0.3 is 0 Å². The van der Waals surface area contributed by atoms with E-state index in [-0.39, 0.29) is 0 Å². The van der Waals surface area contributed by atoms with E-state index in [1.165, 1.54) is 0 Å². The van der Waals surface area contributed by atoms with Crippen molar-refractivity contribution in [1.82, 2.24) is 0 Å². The van der Waals surface area contributed by atoms with E-state index in [1.807, 2.05) is 36.4 Å². The van der Waals surface area contributed by atoms with Crippen molar-refractivity contribution >= 4 is 6.08 Å². The Balaban J connectivity index is 2.70. The molecule has 0 bridgehead atoms. The highest BCUT2D eigenvalue weighted by Crippen LogP contribution is 2.11. The number of benzene rings is 1. The first-order valence-electron chi connectivity index (χ1n) is 5.02. The van der Waals surface area contributed by atoms with Gasteiger partial charge in [0, 0.05) is 5.57 Å². The number of unbranched alkanes of at least 4 members (excludes halogenated alkanes) is 1. The number of hydrogen-bond acceptors (Lipinski definition) is 1. The van der Waals surface area contributed by atoms with Crippen molar-refractivity contribution in [2.24, 2.45) is 0 Å². The fourth-order valence-corrected chi connectivity index (χ4v) is 1.28. The smallest absolute Gasteiger partial charge is 0.0947 e. The Bertz CT molecular complexity index is 330. The van der Waals surface area contributed by atoms with Crippen LogP contribution in [0, 0.1) is 11.3 Å². The molecule has 0 N–H and O–H groups in total. The zero-order valence-corrected chi connectivity index (χ0v) is 8.53. The van der Waals surface area contributed by atoms with Crippen LogP contribution in [-0.2, 0) is 0 Å². The van der Waals surface area contributed by atoms with Crippen molar-refractivity contribution in [3.63, 3.8) is 0 Å². The molecule has 0 saturated carbocycles. The van der Waals surface area contributed by atoms with Crippen LogP contribution >= 0.6 is 0 Å². The van der Waals surface area contributed by atoms with Crippen molar-refractivity contribution < 1.29 is 0 Å². The third-order valence-electron chi connectivity index (χ3n) is 2.08. The van der Waals surface area contributed by atoms with Crippen LogP contribution in [0.15, 0.2) is 35.9 Å². The molecule has 14 heavy (non-hydrogen) atoms. The summed E-state index contributed by atoms with van der Waals surface area (Å²) >= 11 is 0. The third kappa shape index (κ3) is 3.45. The largest absolute Gasteiger partial charge is 0.193 e. The highest BCUT2D eigenvalue weighted by molar-refractivity contribution is 5.56. The lowest BCUT2D eigenvalue weighted by atomic mass is 10.1. The standard InChI is InChI=1S/C13H15N/c1-2-3-7-13(11-14)10-12-8-5-4-6-9-12/h4-6,8-10H,2-3,7H2,1H3/b13-10+. The Morgan fingerprint density at radius 2 is 2.07 bits per heavy atom. The van der Waals surface area contributed by atoms with Gasteiger partial charge < -0.3 is 0 Å². The van der Waals surface area contributed by atoms with Crippen LogP contribution in [-0.4, -0.2) is 0 Å². The van der Waals surface area contributed by atoms with E-state index in [4.69, 9.17) is 5.26 Å². The molecule has 0 aliphatic carbocycles. The predicted molar refractivity (Wildman–Crippen MR) is 59.6 cm³/mol. The quantitative estimate of drug-likeness (QED) is 0.655. The van der Waals surface area contributed by atoms with Gasteiger partial charge in [-0.2, -0.15) is 5.26 Å². The van der Waals surface area contributed by atoms with E-state index in [9.17, 15) is 0 Å². The molecule has 0 atom stereocenters. The molecule has 0 aromatic heterocycles. The summed E-state index contributed by atoms with van der Waals surface area (Å²) in [5, 5.41) is 8.90. The summed E-state index contributed by atoms with van der Waals surface area (Å²) in [7, 11) is 0. The monoisotopic (exact) mass is 185 g/mol. The minimum atomic E-state index is 0.873. The second kappa shape index (κ2) is 5.99. The topological polar surface area (TPSA) is 23.8 Å². The zero-order valence-electron chi connectivity index (χ0n) is 8.53. The normalized spacial score (nSPS) is 11.0. The molecule has 0 unspecified atom stereocenters. The summed E-state index contributed by atoms with van der Waals surface area (Å²) in [5.74, 6) is 0. The SMILES string of the molecule is CCCC/C(C#N)=C\c1ccccc1. The van der Waals surface area contributed by atoms with Gasteiger partial charge in [0.15, 0.2) is 0 Å². The molecule has 1 heteroatoms. The van der Waals surface area contributed by atoms with Gasteiger partial charge in [0.25, 0.3) is 0 Å². The van der Waals surface area contributed by atoms with Gasteiger partial charge in [0.1, 0.15) is 0 Å². The molecule has 0 aliphatic heterocycles. The molecule has 1 rings (SSSR count). The maximum Gasteiger partial charge on any atom is 0.0947 e. The van der Waals surface area contributed by atoms with E-state index in [2.05, 4.69) is 13.0 Å². The van der Waals surface area contributed by atoms with Gasteiger partial charge in [-0.3, -0.25) is 0 Å². The van der Waals surface area contributed by atoms with Gasteiger partial charge in [-0.1, -0.05) is 43.7 Å². The number of allylic oxidation sites excluding steroid dienone is 1. The molecule has 72 valence electrons. The van der Waals surface area contributed by atoms with Crippen LogP contribution in [0.2, 0.25) is 0 Å². The average molecular weight is 185 g/mol. The van der Waals surface area contributed by atoms with Crippen LogP contribution in [0.4, 0.5) is 0 Å². The molecule has 0 spiro atoms. The second-order valence-corrected chi connectivity index (χ2v) is 3.30. The summed E-state index contributed by atoms with van der Waals surface area (Å²) in [4.78, 5) is 0. The average Bonchev–Trinajstić information content (AvgIpc) is 2.25. The maximum atomic E-state index is 8.90. The molecular weight excluding hydrogens is 170 g/mol. The number of nitriles is 1. The van der Waals surface area contributed by atoms with E-state index < -0.39 is 0 Å². The van der Waals surface area contributed by atoms with E-state index in [0.29, 0.717) is 0 Å². The van der Waals surface area contributed by atoms with Gasteiger partial charge in [-0.05, 0) is 24.5 Å². The van der Waals surface area contributed by atoms with Crippen LogP contribution in [0.5, 0.6) is 0 Å². The fraction of sp³-hybridized carbons (Fsp3) is 0.308. The molecule has 0 aliphatic rings. The van der Waals surface area contributed by atoms with Crippen LogP contribution in [0.1, 0.15) is 31.7 Å². The molecule has 0 radical (unpaired) electrons. The second-order valence-electron chi connectivity index (χ2n) is 3.30. The Labute approximate surface area is 85.7 Å². The first kappa shape index (κ1) is 10.5. The molecule has 0 heterocycles. The molecule has 1 aromatic rings. The molecule has 0 fully saturated rings. The van der Waals surface area contributed by atoms with Gasteiger partial charge in [-0.15, -0.1) is 0 Å². The number of rotatable bonds is 4. The lowest BCUT2D eigenvalue weighted by Crippen LogP contribution is -1.80. The summed E-state index contributed by atoms with van der Waals surface area (Å²) < 4.78 is 0. The maximum absolute atomic E-state index is 8.90. The summed E-state index contributed by atoms with van der Waals surface area (Å²) in [6.45, 7) is 2.14. The zero-order chi connectivity index (χ0) is 10.2. The summed E-state index contributed by atoms with van der Waals surface area (Å²) in [5.41, 5.74) is 1.98. The molecule has 0 saturated heterocycles. The van der Waals surface area contributed by atoms with E-state index >= 15 is 0 Å². The van der Waals surface area contributed by atoms with E-state index in [0.717, 1.165) is 30.4 Å². The highest BCUT2D eigenvalue weighted by atomic mass is 14.2. The summed E-state index contributed by atoms with van der Waals surface area (Å²) in [6.07, 6.45) is 5.08. The lowest BCUT2D eigenvalue weighted by molar-refractivity contribution is 0.802. The highest BCUT2D eigenvalue weighted by Gasteiger charge is 1.95. The first-order valence-corrected chi connectivity index (χ1v) is 5.02. The van der Waals surface area contributed by atoms with Crippen LogP contribution < -0.4 is 0 Å². The van der Waals surface area contributed by atoms with Gasteiger partial charge in [-0.25, -0.2) is 0 Å². The Kier molecular flexibility index (Phi) is 4.50. The molecule has 1 aromatic carbocycles.